The van der Waals surface area contributed by atoms with Gasteiger partial charge in [0.25, 0.3) is 0 Å². The maximum Gasteiger partial charge on any atom is 0.123 e. The fourth-order valence-electron chi connectivity index (χ4n) is 3.90. The van der Waals surface area contributed by atoms with Crippen LogP contribution in [-0.2, 0) is 6.42 Å². The molecule has 4 unspecified atom stereocenters. The Labute approximate surface area is 174 Å². The molecule has 0 aliphatic heterocycles. The molecule has 28 heavy (non-hydrogen) atoms. The topological polar surface area (TPSA) is 0 Å². The number of rotatable bonds is 4. The number of hydrogen-bond acceptors (Lipinski definition) is 0. The van der Waals surface area contributed by atoms with Crippen LogP contribution >= 0.6 is 0 Å². The van der Waals surface area contributed by atoms with Gasteiger partial charge in [-0.05, 0) is 87.8 Å². The summed E-state index contributed by atoms with van der Waals surface area (Å²) in [6, 6.07) is 6.57. The molecule has 2 rings (SSSR count). The fourth-order valence-corrected chi connectivity index (χ4v) is 3.90. The van der Waals surface area contributed by atoms with Crippen LogP contribution in [0, 0.1) is 29.5 Å². The van der Waals surface area contributed by atoms with Crippen molar-refractivity contribution in [1.29, 1.82) is 0 Å². The molecular weight excluding hydrogens is 343 g/mol. The van der Waals surface area contributed by atoms with Crippen LogP contribution in [0.5, 0.6) is 0 Å². The summed E-state index contributed by atoms with van der Waals surface area (Å²) in [5.41, 5.74) is 5.12. The Hall–Kier alpha value is -1.63. The molecule has 0 heterocycles. The van der Waals surface area contributed by atoms with E-state index in [0.29, 0.717) is 11.8 Å². The molecule has 4 atom stereocenters. The average molecular weight is 387 g/mol. The second kappa shape index (κ2) is 13.5. The molecule has 1 heteroatoms. The van der Waals surface area contributed by atoms with Crippen LogP contribution in [0.4, 0.5) is 4.39 Å². The first-order valence-electron chi connectivity index (χ1n) is 10.7. The summed E-state index contributed by atoms with van der Waals surface area (Å²) < 4.78 is 12.2. The van der Waals surface area contributed by atoms with E-state index >= 15 is 0 Å². The molecule has 1 aromatic carbocycles. The molecule has 0 nitrogen and oxygen atoms in total. The molecule has 0 bridgehead atoms. The van der Waals surface area contributed by atoms with Crippen molar-refractivity contribution in [3.8, 4) is 0 Å². The molecule has 0 spiro atoms. The highest BCUT2D eigenvalue weighted by Crippen LogP contribution is 2.44. The Kier molecular flexibility index (Phi) is 12.7. The maximum atomic E-state index is 12.2. The third-order valence-corrected chi connectivity index (χ3v) is 5.75. The van der Waals surface area contributed by atoms with Crippen molar-refractivity contribution in [2.45, 2.75) is 74.1 Å². The highest BCUT2D eigenvalue weighted by Gasteiger charge is 2.35. The van der Waals surface area contributed by atoms with Gasteiger partial charge in [0.05, 0.1) is 0 Å². The van der Waals surface area contributed by atoms with E-state index in [1.54, 1.807) is 12.1 Å². The Balaban J connectivity index is 0.000000445. The zero-order valence-electron chi connectivity index (χ0n) is 19.4. The normalized spacial score (nSPS) is 23.4. The molecule has 0 saturated heterocycles. The van der Waals surface area contributed by atoms with E-state index in [9.17, 15) is 4.39 Å². The van der Waals surface area contributed by atoms with Crippen molar-refractivity contribution >= 4 is 0 Å². The maximum absolute atomic E-state index is 12.2. The molecule has 1 aromatic rings. The lowest BCUT2D eigenvalue weighted by Gasteiger charge is -2.42. The summed E-state index contributed by atoms with van der Waals surface area (Å²) in [5, 5.41) is 0. The quantitative estimate of drug-likeness (QED) is 0.453. The molecule has 158 valence electrons. The lowest BCUT2D eigenvalue weighted by Crippen LogP contribution is -2.33. The molecule has 1 aliphatic carbocycles. The Bertz CT molecular complexity index is 582. The van der Waals surface area contributed by atoms with Crippen LogP contribution < -0.4 is 0 Å². The van der Waals surface area contributed by atoms with Gasteiger partial charge in [-0.25, -0.2) is 4.39 Å². The van der Waals surface area contributed by atoms with E-state index < -0.39 is 0 Å². The predicted octanol–water partition coefficient (Wildman–Crippen LogP) is 8.80. The standard InChI is InChI=1S/C14H24.C8H9F.C5H10/c1-9(2)13-11(5)7-8-12(6)14(13)10(3)4;1-2-7-3-5-8(9)6-4-7;1-4-5(2)3/h11-14H,1,3,7-8H2,2,4-6H3;3-6H,2H2,1H3;2,4H2,1,3H3. The van der Waals surface area contributed by atoms with Crippen molar-refractivity contribution < 1.29 is 4.39 Å². The van der Waals surface area contributed by atoms with Gasteiger partial charge >= 0.3 is 0 Å². The summed E-state index contributed by atoms with van der Waals surface area (Å²) in [5.74, 6) is 2.73. The summed E-state index contributed by atoms with van der Waals surface area (Å²) >= 11 is 0. The van der Waals surface area contributed by atoms with E-state index in [0.717, 1.165) is 24.7 Å². The van der Waals surface area contributed by atoms with Gasteiger partial charge in [0.2, 0.25) is 0 Å². The molecule has 1 aliphatic rings. The van der Waals surface area contributed by atoms with E-state index in [1.807, 2.05) is 13.8 Å². The van der Waals surface area contributed by atoms with Crippen LogP contribution in [0.3, 0.4) is 0 Å². The Morgan fingerprint density at radius 3 is 1.46 bits per heavy atom. The smallest absolute Gasteiger partial charge is 0.123 e. The number of benzene rings is 1. The minimum atomic E-state index is -0.160. The molecule has 0 aromatic heterocycles. The fraction of sp³-hybridized carbons (Fsp3) is 0.556. The van der Waals surface area contributed by atoms with Gasteiger partial charge in [-0.15, -0.1) is 6.58 Å². The number of allylic oxidation sites excluding steroid dienone is 3. The number of hydrogen-bond donors (Lipinski definition) is 0. The predicted molar refractivity (Wildman–Crippen MR) is 125 cm³/mol. The lowest BCUT2D eigenvalue weighted by atomic mass is 9.63. The van der Waals surface area contributed by atoms with E-state index in [2.05, 4.69) is 54.4 Å². The summed E-state index contributed by atoms with van der Waals surface area (Å²) in [6.07, 6.45) is 4.78. The van der Waals surface area contributed by atoms with Gasteiger partial charge in [0, 0.05) is 0 Å². The lowest BCUT2D eigenvalue weighted by molar-refractivity contribution is 0.163. The zero-order valence-corrected chi connectivity index (χ0v) is 19.4. The first-order chi connectivity index (χ1) is 13.0. The molecule has 0 amide bonds. The molecular formula is C27H43F. The summed E-state index contributed by atoms with van der Waals surface area (Å²) in [7, 11) is 0. The first-order valence-corrected chi connectivity index (χ1v) is 10.7. The van der Waals surface area contributed by atoms with Crippen LogP contribution in [0.25, 0.3) is 0 Å². The first kappa shape index (κ1) is 26.4. The van der Waals surface area contributed by atoms with Gasteiger partial charge in [-0.1, -0.05) is 69.7 Å². The van der Waals surface area contributed by atoms with Crippen LogP contribution in [0.15, 0.2) is 60.7 Å². The van der Waals surface area contributed by atoms with E-state index in [-0.39, 0.29) is 5.82 Å². The van der Waals surface area contributed by atoms with Crippen molar-refractivity contribution in [3.05, 3.63) is 72.1 Å². The Morgan fingerprint density at radius 1 is 0.857 bits per heavy atom. The highest BCUT2D eigenvalue weighted by molar-refractivity contribution is 5.15. The summed E-state index contributed by atoms with van der Waals surface area (Å²) in [4.78, 5) is 0. The van der Waals surface area contributed by atoms with Crippen molar-refractivity contribution in [2.75, 3.05) is 0 Å². The molecule has 1 fully saturated rings. The van der Waals surface area contributed by atoms with E-state index in [1.165, 1.54) is 47.3 Å². The van der Waals surface area contributed by atoms with Gasteiger partial charge in [0.15, 0.2) is 0 Å². The second-order valence-corrected chi connectivity index (χ2v) is 8.57. The molecule has 0 N–H and O–H groups in total. The highest BCUT2D eigenvalue weighted by atomic mass is 19.1. The number of aryl methyl sites for hydroxylation is 1. The van der Waals surface area contributed by atoms with Gasteiger partial charge in [-0.2, -0.15) is 0 Å². The third kappa shape index (κ3) is 9.53. The minimum Gasteiger partial charge on any atom is -0.207 e. The van der Waals surface area contributed by atoms with Gasteiger partial charge in [0.1, 0.15) is 5.82 Å². The Morgan fingerprint density at radius 2 is 1.21 bits per heavy atom. The summed E-state index contributed by atoms with van der Waals surface area (Å²) in [6.45, 7) is 27.2. The van der Waals surface area contributed by atoms with Crippen molar-refractivity contribution in [1.82, 2.24) is 0 Å². The van der Waals surface area contributed by atoms with Gasteiger partial charge < -0.3 is 0 Å². The molecule has 1 saturated carbocycles. The monoisotopic (exact) mass is 386 g/mol. The zero-order chi connectivity index (χ0) is 21.9. The second-order valence-electron chi connectivity index (χ2n) is 8.57. The molecule has 0 radical (unpaired) electrons. The largest absolute Gasteiger partial charge is 0.207 e. The van der Waals surface area contributed by atoms with Crippen molar-refractivity contribution in [3.63, 3.8) is 0 Å². The van der Waals surface area contributed by atoms with Crippen LogP contribution in [0.1, 0.15) is 73.3 Å². The average Bonchev–Trinajstić information content (AvgIpc) is 2.64. The van der Waals surface area contributed by atoms with Crippen LogP contribution in [0.2, 0.25) is 0 Å². The van der Waals surface area contributed by atoms with Crippen LogP contribution in [-0.4, -0.2) is 0 Å². The third-order valence-electron chi connectivity index (χ3n) is 5.75. The van der Waals surface area contributed by atoms with Crippen molar-refractivity contribution in [2.24, 2.45) is 23.7 Å². The SMILES string of the molecule is C=C(C)C1C(C)CCC(C)C1C(=C)C.C=C(C)CC.CCc1ccc(F)cc1. The number of halogens is 1. The minimum absolute atomic E-state index is 0.160. The van der Waals surface area contributed by atoms with Gasteiger partial charge in [-0.3, -0.25) is 0 Å². The van der Waals surface area contributed by atoms with E-state index in [4.69, 9.17) is 0 Å².